The summed E-state index contributed by atoms with van der Waals surface area (Å²) in [5, 5.41) is 9.35. The number of guanidine groups is 1. The molecular formula is C18H37IN4O2. The van der Waals surface area contributed by atoms with E-state index in [2.05, 4.69) is 41.7 Å². The topological polar surface area (TPSA) is 74.8 Å². The lowest BCUT2D eigenvalue weighted by Crippen LogP contribution is -2.50. The maximum absolute atomic E-state index is 11.9. The first-order valence-corrected chi connectivity index (χ1v) is 8.90. The van der Waals surface area contributed by atoms with Crippen LogP contribution in [0.5, 0.6) is 0 Å². The van der Waals surface area contributed by atoms with E-state index in [-0.39, 0.29) is 41.4 Å². The Morgan fingerprint density at radius 2 is 1.84 bits per heavy atom. The molecule has 0 aromatic carbocycles. The quantitative estimate of drug-likeness (QED) is 0.329. The van der Waals surface area contributed by atoms with Crippen molar-refractivity contribution in [2.24, 2.45) is 21.7 Å². The third kappa shape index (κ3) is 7.68. The second-order valence-corrected chi connectivity index (χ2v) is 8.33. The van der Waals surface area contributed by atoms with E-state index in [1.165, 1.54) is 0 Å². The van der Waals surface area contributed by atoms with Gasteiger partial charge in [0.1, 0.15) is 0 Å². The van der Waals surface area contributed by atoms with Crippen LogP contribution in [0.15, 0.2) is 4.99 Å². The molecule has 1 saturated heterocycles. The molecule has 0 aromatic rings. The molecule has 6 nitrogen and oxygen atoms in total. The smallest absolute Gasteiger partial charge is 0.227 e. The van der Waals surface area contributed by atoms with Crippen LogP contribution in [0.2, 0.25) is 0 Å². The molecule has 0 saturated carbocycles. The number of nitrogens with one attached hydrogen (secondary N) is 3. The van der Waals surface area contributed by atoms with Crippen LogP contribution in [-0.4, -0.2) is 51.8 Å². The van der Waals surface area contributed by atoms with Gasteiger partial charge in [0.05, 0.1) is 11.5 Å². The molecule has 25 heavy (non-hydrogen) atoms. The van der Waals surface area contributed by atoms with Crippen molar-refractivity contribution in [2.45, 2.75) is 53.6 Å². The van der Waals surface area contributed by atoms with E-state index in [0.717, 1.165) is 32.0 Å². The normalized spacial score (nSPS) is 22.0. The van der Waals surface area contributed by atoms with E-state index in [4.69, 9.17) is 4.74 Å². The number of amides is 1. The largest absolute Gasteiger partial charge is 0.377 e. The minimum Gasteiger partial charge on any atom is -0.377 e. The van der Waals surface area contributed by atoms with Gasteiger partial charge >= 0.3 is 0 Å². The van der Waals surface area contributed by atoms with Crippen molar-refractivity contribution < 1.29 is 9.53 Å². The molecule has 1 aliphatic rings. The van der Waals surface area contributed by atoms with Crippen molar-refractivity contribution in [2.75, 3.05) is 33.8 Å². The lowest BCUT2D eigenvalue weighted by Gasteiger charge is -2.40. The van der Waals surface area contributed by atoms with Crippen LogP contribution < -0.4 is 16.0 Å². The number of ether oxygens (including phenoxy) is 1. The highest BCUT2D eigenvalue weighted by molar-refractivity contribution is 14.0. The summed E-state index contributed by atoms with van der Waals surface area (Å²) >= 11 is 0. The summed E-state index contributed by atoms with van der Waals surface area (Å²) in [5.74, 6) is 1.20. The van der Waals surface area contributed by atoms with Crippen molar-refractivity contribution >= 4 is 35.8 Å². The zero-order chi connectivity index (χ0) is 18.4. The predicted octanol–water partition coefficient (Wildman–Crippen LogP) is 2.38. The average molecular weight is 468 g/mol. The Morgan fingerprint density at radius 3 is 2.36 bits per heavy atom. The van der Waals surface area contributed by atoms with Gasteiger partial charge in [0, 0.05) is 39.7 Å². The van der Waals surface area contributed by atoms with Gasteiger partial charge in [-0.05, 0) is 32.1 Å². The van der Waals surface area contributed by atoms with Crippen LogP contribution in [-0.2, 0) is 9.53 Å². The van der Waals surface area contributed by atoms with Crippen molar-refractivity contribution in [1.29, 1.82) is 0 Å². The highest BCUT2D eigenvalue weighted by Gasteiger charge is 2.35. The molecule has 1 aliphatic heterocycles. The SMILES string of the molecule is CN=C(NCC1CCCOC1C(C)(C)C)NCC(C)(C)C(=O)NC.I. The Kier molecular flexibility index (Phi) is 10.3. The number of aliphatic imine (C=N–C) groups is 1. The second kappa shape index (κ2) is 10.5. The maximum Gasteiger partial charge on any atom is 0.227 e. The summed E-state index contributed by atoms with van der Waals surface area (Å²) in [4.78, 5) is 16.1. The van der Waals surface area contributed by atoms with Gasteiger partial charge < -0.3 is 20.7 Å². The summed E-state index contributed by atoms with van der Waals surface area (Å²) in [6.45, 7) is 12.7. The average Bonchev–Trinajstić information content (AvgIpc) is 2.53. The molecule has 3 N–H and O–H groups in total. The highest BCUT2D eigenvalue weighted by Crippen LogP contribution is 2.33. The molecule has 0 radical (unpaired) electrons. The maximum atomic E-state index is 11.9. The summed E-state index contributed by atoms with van der Waals surface area (Å²) in [5.41, 5.74) is -0.362. The van der Waals surface area contributed by atoms with Gasteiger partial charge in [0.15, 0.2) is 5.96 Å². The first kappa shape index (κ1) is 24.4. The second-order valence-electron chi connectivity index (χ2n) is 8.33. The van der Waals surface area contributed by atoms with Gasteiger partial charge in [-0.3, -0.25) is 9.79 Å². The highest BCUT2D eigenvalue weighted by atomic mass is 127. The monoisotopic (exact) mass is 468 g/mol. The standard InChI is InChI=1S/C18H36N4O2.HI/c1-17(2,3)14-13(9-8-10-24-14)11-21-16(20-7)22-12-18(4,5)15(23)19-6;/h13-14H,8-12H2,1-7H3,(H,19,23)(H2,20,21,22);1H. The van der Waals surface area contributed by atoms with E-state index in [1.807, 2.05) is 13.8 Å². The fourth-order valence-corrected chi connectivity index (χ4v) is 3.18. The van der Waals surface area contributed by atoms with Gasteiger partial charge in [-0.1, -0.05) is 20.8 Å². The lowest BCUT2D eigenvalue weighted by atomic mass is 9.78. The molecule has 1 fully saturated rings. The number of rotatable bonds is 5. The molecule has 7 heteroatoms. The molecule has 1 rings (SSSR count). The van der Waals surface area contributed by atoms with Crippen LogP contribution >= 0.6 is 24.0 Å². The molecule has 1 amide bonds. The Hall–Kier alpha value is -0.570. The van der Waals surface area contributed by atoms with Gasteiger partial charge in [0.2, 0.25) is 5.91 Å². The van der Waals surface area contributed by atoms with Crippen molar-refractivity contribution in [3.63, 3.8) is 0 Å². The first-order chi connectivity index (χ1) is 11.1. The van der Waals surface area contributed by atoms with E-state index in [0.29, 0.717) is 12.5 Å². The zero-order valence-corrected chi connectivity index (χ0v) is 19.2. The molecule has 0 bridgehead atoms. The molecule has 1 heterocycles. The number of carbonyl (C=O) groups excluding carboxylic acids is 1. The fourth-order valence-electron chi connectivity index (χ4n) is 3.18. The van der Waals surface area contributed by atoms with E-state index >= 15 is 0 Å². The Morgan fingerprint density at radius 1 is 1.20 bits per heavy atom. The van der Waals surface area contributed by atoms with Crippen molar-refractivity contribution in [3.05, 3.63) is 0 Å². The molecule has 2 atom stereocenters. The third-order valence-corrected chi connectivity index (χ3v) is 4.59. The molecule has 0 aromatic heterocycles. The zero-order valence-electron chi connectivity index (χ0n) is 16.9. The molecule has 148 valence electrons. The number of halogens is 1. The minimum absolute atomic E-state index is 0. The molecule has 0 spiro atoms. The van der Waals surface area contributed by atoms with Crippen LogP contribution in [0.25, 0.3) is 0 Å². The summed E-state index contributed by atoms with van der Waals surface area (Å²) < 4.78 is 6.03. The van der Waals surface area contributed by atoms with E-state index in [9.17, 15) is 4.79 Å². The third-order valence-electron chi connectivity index (χ3n) is 4.59. The summed E-state index contributed by atoms with van der Waals surface area (Å²) in [6, 6.07) is 0. The lowest BCUT2D eigenvalue weighted by molar-refractivity contribution is -0.128. The van der Waals surface area contributed by atoms with Crippen LogP contribution in [0.4, 0.5) is 0 Å². The number of hydrogen-bond donors (Lipinski definition) is 3. The molecular weight excluding hydrogens is 431 g/mol. The fraction of sp³-hybridized carbons (Fsp3) is 0.889. The van der Waals surface area contributed by atoms with Gasteiger partial charge in [-0.2, -0.15) is 0 Å². The number of nitrogens with zero attached hydrogens (tertiary/aromatic N) is 1. The van der Waals surface area contributed by atoms with Crippen molar-refractivity contribution in [1.82, 2.24) is 16.0 Å². The van der Waals surface area contributed by atoms with Crippen LogP contribution in [0, 0.1) is 16.7 Å². The Labute approximate surface area is 170 Å². The Balaban J connectivity index is 0.00000576. The van der Waals surface area contributed by atoms with Gasteiger partial charge in [-0.25, -0.2) is 0 Å². The molecule has 0 aliphatic carbocycles. The van der Waals surface area contributed by atoms with Crippen LogP contribution in [0.3, 0.4) is 0 Å². The van der Waals surface area contributed by atoms with E-state index < -0.39 is 5.41 Å². The molecule has 2 unspecified atom stereocenters. The minimum atomic E-state index is -0.492. The first-order valence-electron chi connectivity index (χ1n) is 8.90. The van der Waals surface area contributed by atoms with Crippen molar-refractivity contribution in [3.8, 4) is 0 Å². The Bertz CT molecular complexity index is 447. The van der Waals surface area contributed by atoms with Gasteiger partial charge in [-0.15, -0.1) is 24.0 Å². The number of carbonyl (C=O) groups is 1. The van der Waals surface area contributed by atoms with Crippen LogP contribution in [0.1, 0.15) is 47.5 Å². The summed E-state index contributed by atoms with van der Waals surface area (Å²) in [6.07, 6.45) is 2.52. The predicted molar refractivity (Wildman–Crippen MR) is 115 cm³/mol. The van der Waals surface area contributed by atoms with E-state index in [1.54, 1.807) is 14.1 Å². The summed E-state index contributed by atoms with van der Waals surface area (Å²) in [7, 11) is 3.41. The number of hydrogen-bond acceptors (Lipinski definition) is 3. The van der Waals surface area contributed by atoms with Gasteiger partial charge in [0.25, 0.3) is 0 Å².